The Morgan fingerprint density at radius 2 is 2.30 bits per heavy atom. The van der Waals surface area contributed by atoms with Gasteiger partial charge in [-0.2, -0.15) is 0 Å². The van der Waals surface area contributed by atoms with E-state index in [2.05, 4.69) is 4.98 Å². The van der Waals surface area contributed by atoms with Gasteiger partial charge in [0.2, 0.25) is 0 Å². The summed E-state index contributed by atoms with van der Waals surface area (Å²) in [6.07, 6.45) is 4.97. The molecular formula is C13H20N4O3. The Labute approximate surface area is 117 Å². The van der Waals surface area contributed by atoms with E-state index < -0.39 is 5.97 Å². The van der Waals surface area contributed by atoms with E-state index in [0.29, 0.717) is 38.3 Å². The Morgan fingerprint density at radius 1 is 1.50 bits per heavy atom. The number of carboxylic acids is 1. The van der Waals surface area contributed by atoms with Gasteiger partial charge in [0.1, 0.15) is 5.69 Å². The van der Waals surface area contributed by atoms with Gasteiger partial charge in [-0.3, -0.25) is 9.59 Å². The molecule has 0 radical (unpaired) electrons. The van der Waals surface area contributed by atoms with Crippen LogP contribution in [0, 0.1) is 5.92 Å². The number of hydrogen-bond donors (Lipinski definition) is 2. The number of hydrogen-bond acceptors (Lipinski definition) is 4. The molecule has 0 aromatic carbocycles. The minimum Gasteiger partial charge on any atom is -0.481 e. The summed E-state index contributed by atoms with van der Waals surface area (Å²) in [6, 6.07) is 0. The fraction of sp³-hybridized carbons (Fsp3) is 0.615. The van der Waals surface area contributed by atoms with E-state index in [1.54, 1.807) is 22.0 Å². The third kappa shape index (κ3) is 3.57. The number of imidazole rings is 1. The quantitative estimate of drug-likeness (QED) is 0.773. The van der Waals surface area contributed by atoms with Gasteiger partial charge in [0.25, 0.3) is 5.91 Å². The molecule has 2 rings (SSSR count). The van der Waals surface area contributed by atoms with Crippen molar-refractivity contribution < 1.29 is 14.7 Å². The lowest BCUT2D eigenvalue weighted by Crippen LogP contribution is -2.29. The van der Waals surface area contributed by atoms with Crippen LogP contribution in [-0.2, 0) is 11.3 Å². The van der Waals surface area contributed by atoms with Crippen LogP contribution in [0.3, 0.4) is 0 Å². The van der Waals surface area contributed by atoms with E-state index in [1.807, 2.05) is 0 Å². The Balaban J connectivity index is 1.88. The van der Waals surface area contributed by atoms with Gasteiger partial charge in [0.15, 0.2) is 0 Å². The molecule has 1 amide bonds. The molecule has 0 bridgehead atoms. The molecule has 1 aromatic heterocycles. The van der Waals surface area contributed by atoms with Gasteiger partial charge in [-0.05, 0) is 18.8 Å². The number of aliphatic carboxylic acids is 1. The van der Waals surface area contributed by atoms with Crippen molar-refractivity contribution in [1.29, 1.82) is 0 Å². The van der Waals surface area contributed by atoms with Crippen molar-refractivity contribution in [3.05, 3.63) is 18.2 Å². The van der Waals surface area contributed by atoms with E-state index in [-0.39, 0.29) is 18.2 Å². The number of carbonyl (C=O) groups is 2. The van der Waals surface area contributed by atoms with Crippen LogP contribution >= 0.6 is 0 Å². The van der Waals surface area contributed by atoms with Crippen LogP contribution in [0.2, 0.25) is 0 Å². The second kappa shape index (κ2) is 6.51. The Morgan fingerprint density at radius 3 is 3.00 bits per heavy atom. The molecule has 1 aromatic rings. The summed E-state index contributed by atoms with van der Waals surface area (Å²) in [5.41, 5.74) is 5.88. The molecule has 0 saturated carbocycles. The lowest BCUT2D eigenvalue weighted by molar-refractivity contribution is -0.137. The van der Waals surface area contributed by atoms with Crippen LogP contribution < -0.4 is 5.73 Å². The largest absolute Gasteiger partial charge is 0.481 e. The molecule has 7 heteroatoms. The van der Waals surface area contributed by atoms with Gasteiger partial charge in [-0.15, -0.1) is 0 Å². The number of rotatable bonds is 6. The van der Waals surface area contributed by atoms with Gasteiger partial charge >= 0.3 is 5.97 Å². The zero-order chi connectivity index (χ0) is 14.5. The van der Waals surface area contributed by atoms with Crippen molar-refractivity contribution >= 4 is 11.9 Å². The van der Waals surface area contributed by atoms with Crippen LogP contribution in [0.5, 0.6) is 0 Å². The maximum Gasteiger partial charge on any atom is 0.303 e. The zero-order valence-electron chi connectivity index (χ0n) is 11.4. The van der Waals surface area contributed by atoms with Gasteiger partial charge in [0, 0.05) is 38.8 Å². The van der Waals surface area contributed by atoms with Crippen molar-refractivity contribution in [3.8, 4) is 0 Å². The van der Waals surface area contributed by atoms with Crippen molar-refractivity contribution in [3.63, 3.8) is 0 Å². The molecule has 1 aliphatic heterocycles. The molecule has 1 aliphatic rings. The van der Waals surface area contributed by atoms with E-state index in [0.717, 1.165) is 6.42 Å². The Hall–Kier alpha value is -1.89. The van der Waals surface area contributed by atoms with E-state index in [1.165, 1.54) is 0 Å². The third-order valence-electron chi connectivity index (χ3n) is 3.58. The minimum absolute atomic E-state index is 0.0846. The summed E-state index contributed by atoms with van der Waals surface area (Å²) in [4.78, 5) is 28.7. The minimum atomic E-state index is -0.782. The number of nitrogens with zero attached hydrogens (tertiary/aromatic N) is 3. The first-order chi connectivity index (χ1) is 9.60. The molecule has 0 aliphatic carbocycles. The summed E-state index contributed by atoms with van der Waals surface area (Å²) < 4.78 is 1.80. The van der Waals surface area contributed by atoms with Crippen molar-refractivity contribution in [1.82, 2.24) is 14.5 Å². The second-order valence-corrected chi connectivity index (χ2v) is 5.12. The predicted octanol–water partition coefficient (Wildman–Crippen LogP) is 0.169. The topological polar surface area (TPSA) is 101 Å². The molecule has 1 atom stereocenters. The SMILES string of the molecule is NCCn1cnc(C(=O)N2CCC(CCC(=O)O)C2)c1. The van der Waals surface area contributed by atoms with Crippen LogP contribution in [-0.4, -0.2) is 51.1 Å². The van der Waals surface area contributed by atoms with E-state index >= 15 is 0 Å². The summed E-state index contributed by atoms with van der Waals surface area (Å²) in [7, 11) is 0. The van der Waals surface area contributed by atoms with E-state index in [9.17, 15) is 9.59 Å². The highest BCUT2D eigenvalue weighted by Gasteiger charge is 2.28. The average Bonchev–Trinajstić information content (AvgIpc) is 3.05. The highest BCUT2D eigenvalue weighted by molar-refractivity contribution is 5.92. The molecule has 1 fully saturated rings. The summed E-state index contributed by atoms with van der Waals surface area (Å²) >= 11 is 0. The summed E-state index contributed by atoms with van der Waals surface area (Å²) in [5.74, 6) is -0.588. The van der Waals surface area contributed by atoms with Gasteiger partial charge in [-0.25, -0.2) is 4.98 Å². The summed E-state index contributed by atoms with van der Waals surface area (Å²) in [6.45, 7) is 2.44. The van der Waals surface area contributed by atoms with Crippen LogP contribution in [0.4, 0.5) is 0 Å². The number of nitrogens with two attached hydrogens (primary N) is 1. The highest BCUT2D eigenvalue weighted by Crippen LogP contribution is 2.22. The monoisotopic (exact) mass is 280 g/mol. The Bertz CT molecular complexity index is 486. The fourth-order valence-corrected chi connectivity index (χ4v) is 2.48. The molecule has 3 N–H and O–H groups in total. The molecule has 7 nitrogen and oxygen atoms in total. The van der Waals surface area contributed by atoms with Crippen LogP contribution in [0.1, 0.15) is 29.8 Å². The molecule has 1 unspecified atom stereocenters. The van der Waals surface area contributed by atoms with Crippen molar-refractivity contribution in [2.45, 2.75) is 25.8 Å². The van der Waals surface area contributed by atoms with Gasteiger partial charge in [-0.1, -0.05) is 0 Å². The molecule has 2 heterocycles. The lowest BCUT2D eigenvalue weighted by Gasteiger charge is -2.14. The number of carbonyl (C=O) groups excluding carboxylic acids is 1. The first-order valence-electron chi connectivity index (χ1n) is 6.83. The first kappa shape index (κ1) is 14.5. The van der Waals surface area contributed by atoms with Gasteiger partial charge in [0.05, 0.1) is 6.33 Å². The molecule has 110 valence electrons. The molecule has 20 heavy (non-hydrogen) atoms. The predicted molar refractivity (Wildman–Crippen MR) is 72.2 cm³/mol. The zero-order valence-corrected chi connectivity index (χ0v) is 11.4. The van der Waals surface area contributed by atoms with E-state index in [4.69, 9.17) is 10.8 Å². The number of aromatic nitrogens is 2. The molecule has 1 saturated heterocycles. The summed E-state index contributed by atoms with van der Waals surface area (Å²) in [5, 5.41) is 8.68. The van der Waals surface area contributed by atoms with Crippen LogP contribution in [0.25, 0.3) is 0 Å². The Kier molecular flexibility index (Phi) is 4.73. The number of amides is 1. The molecule has 0 spiro atoms. The van der Waals surface area contributed by atoms with Gasteiger partial charge < -0.3 is 20.3 Å². The second-order valence-electron chi connectivity index (χ2n) is 5.12. The van der Waals surface area contributed by atoms with Crippen molar-refractivity contribution in [2.75, 3.05) is 19.6 Å². The number of likely N-dealkylation sites (tertiary alicyclic amines) is 1. The van der Waals surface area contributed by atoms with Crippen molar-refractivity contribution in [2.24, 2.45) is 11.7 Å². The maximum atomic E-state index is 12.3. The fourth-order valence-electron chi connectivity index (χ4n) is 2.48. The third-order valence-corrected chi connectivity index (χ3v) is 3.58. The number of carboxylic acid groups (broad SMARTS) is 1. The van der Waals surface area contributed by atoms with Crippen LogP contribution in [0.15, 0.2) is 12.5 Å². The molecular weight excluding hydrogens is 260 g/mol. The normalized spacial score (nSPS) is 18.4. The lowest BCUT2D eigenvalue weighted by atomic mass is 10.0. The first-order valence-corrected chi connectivity index (χ1v) is 6.83. The smallest absolute Gasteiger partial charge is 0.303 e. The maximum absolute atomic E-state index is 12.3. The highest BCUT2D eigenvalue weighted by atomic mass is 16.4. The standard InChI is InChI=1S/C13H20N4O3/c14-4-6-16-8-11(15-9-16)13(20)17-5-3-10(7-17)1-2-12(18)19/h8-10H,1-7,14H2,(H,18,19). The average molecular weight is 280 g/mol.